The molecular weight excluding hydrogens is 246 g/mol. The minimum Gasteiger partial charge on any atom is -0.356 e. The smallest absolute Gasteiger partial charge is 0.133 e. The van der Waals surface area contributed by atoms with Crippen molar-refractivity contribution in [3.05, 3.63) is 22.9 Å². The van der Waals surface area contributed by atoms with Crippen LogP contribution in [-0.2, 0) is 6.54 Å². The van der Waals surface area contributed by atoms with E-state index in [1.165, 1.54) is 11.1 Å². The number of nitrogens with zero attached hydrogens (tertiary/aromatic N) is 2. The van der Waals surface area contributed by atoms with E-state index in [0.717, 1.165) is 43.9 Å². The summed E-state index contributed by atoms with van der Waals surface area (Å²) in [7, 11) is 2.18. The largest absolute Gasteiger partial charge is 0.356 e. The molecule has 0 saturated heterocycles. The van der Waals surface area contributed by atoms with Gasteiger partial charge in [0.2, 0.25) is 0 Å². The highest BCUT2D eigenvalue weighted by Crippen LogP contribution is 2.25. The summed E-state index contributed by atoms with van der Waals surface area (Å²) >= 11 is 0. The molecule has 0 saturated carbocycles. The molecule has 1 aromatic rings. The average molecular weight is 277 g/mol. The highest BCUT2D eigenvalue weighted by molar-refractivity contribution is 5.51. The number of hydrogen-bond donors (Lipinski definition) is 1. The van der Waals surface area contributed by atoms with Crippen LogP contribution in [0, 0.1) is 13.8 Å². The molecule has 0 atom stereocenters. The van der Waals surface area contributed by atoms with Gasteiger partial charge in [-0.25, -0.2) is 4.98 Å². The zero-order chi connectivity index (χ0) is 15.1. The molecule has 3 heteroatoms. The maximum Gasteiger partial charge on any atom is 0.133 e. The van der Waals surface area contributed by atoms with E-state index in [0.29, 0.717) is 6.04 Å². The molecule has 0 bridgehead atoms. The van der Waals surface area contributed by atoms with Crippen LogP contribution >= 0.6 is 0 Å². The summed E-state index contributed by atoms with van der Waals surface area (Å²) < 4.78 is 0. The number of nitrogens with one attached hydrogen (secondary N) is 1. The molecule has 0 aliphatic rings. The van der Waals surface area contributed by atoms with Crippen molar-refractivity contribution >= 4 is 5.82 Å². The van der Waals surface area contributed by atoms with Gasteiger partial charge in [0.25, 0.3) is 0 Å². The Morgan fingerprint density at radius 1 is 1.20 bits per heavy atom. The summed E-state index contributed by atoms with van der Waals surface area (Å²) in [4.78, 5) is 7.18. The standard InChI is InChI=1S/C17H31N3/c1-7-10-18-12-16-13(4)11-14(5)19-17(16)20(6)15(8-2)9-3/h11,15,18H,7-10,12H2,1-6H3. The van der Waals surface area contributed by atoms with Crippen molar-refractivity contribution < 1.29 is 0 Å². The van der Waals surface area contributed by atoms with Gasteiger partial charge in [-0.3, -0.25) is 0 Å². The van der Waals surface area contributed by atoms with E-state index >= 15 is 0 Å². The SMILES string of the molecule is CCCNCc1c(C)cc(C)nc1N(C)C(CC)CC. The number of hydrogen-bond acceptors (Lipinski definition) is 3. The Bertz CT molecular complexity index is 411. The van der Waals surface area contributed by atoms with Gasteiger partial charge in [-0.2, -0.15) is 0 Å². The molecule has 0 amide bonds. The average Bonchev–Trinajstić information content (AvgIpc) is 2.42. The molecular formula is C17H31N3. The lowest BCUT2D eigenvalue weighted by molar-refractivity contribution is 0.580. The lowest BCUT2D eigenvalue weighted by Gasteiger charge is -2.30. The van der Waals surface area contributed by atoms with E-state index in [1.807, 2.05) is 0 Å². The van der Waals surface area contributed by atoms with Crippen molar-refractivity contribution in [2.45, 2.75) is 66.5 Å². The van der Waals surface area contributed by atoms with Crippen LogP contribution < -0.4 is 10.2 Å². The topological polar surface area (TPSA) is 28.2 Å². The predicted octanol–water partition coefficient (Wildman–Crippen LogP) is 3.82. The van der Waals surface area contributed by atoms with Gasteiger partial charge in [0.1, 0.15) is 5.82 Å². The molecule has 0 aliphatic carbocycles. The normalized spacial score (nSPS) is 11.2. The minimum atomic E-state index is 0.564. The zero-order valence-electron chi connectivity index (χ0n) is 14.1. The first-order chi connectivity index (χ1) is 9.54. The van der Waals surface area contributed by atoms with Crippen molar-refractivity contribution in [2.75, 3.05) is 18.5 Å². The van der Waals surface area contributed by atoms with Gasteiger partial charge in [-0.1, -0.05) is 20.8 Å². The summed E-state index contributed by atoms with van der Waals surface area (Å²) in [6, 6.07) is 2.75. The Balaban J connectivity index is 3.08. The second-order valence-electron chi connectivity index (χ2n) is 5.64. The molecule has 0 unspecified atom stereocenters. The minimum absolute atomic E-state index is 0.564. The maximum atomic E-state index is 4.82. The molecule has 114 valence electrons. The fourth-order valence-electron chi connectivity index (χ4n) is 2.75. The highest BCUT2D eigenvalue weighted by Gasteiger charge is 2.17. The monoisotopic (exact) mass is 277 g/mol. The molecule has 0 radical (unpaired) electrons. The zero-order valence-corrected chi connectivity index (χ0v) is 14.1. The molecule has 0 fully saturated rings. The molecule has 3 nitrogen and oxygen atoms in total. The molecule has 1 N–H and O–H groups in total. The van der Waals surface area contributed by atoms with E-state index in [4.69, 9.17) is 4.98 Å². The summed E-state index contributed by atoms with van der Waals surface area (Å²) in [6.45, 7) is 13.0. The summed E-state index contributed by atoms with van der Waals surface area (Å²) in [5.74, 6) is 1.15. The third-order valence-electron chi connectivity index (χ3n) is 4.01. The maximum absolute atomic E-state index is 4.82. The van der Waals surface area contributed by atoms with Crippen LogP contribution in [0.4, 0.5) is 5.82 Å². The Labute approximate surface area is 124 Å². The van der Waals surface area contributed by atoms with Crippen molar-refractivity contribution in [3.63, 3.8) is 0 Å². The van der Waals surface area contributed by atoms with Gasteiger partial charge >= 0.3 is 0 Å². The first kappa shape index (κ1) is 17.0. The van der Waals surface area contributed by atoms with Crippen LogP contribution in [0.15, 0.2) is 6.07 Å². The van der Waals surface area contributed by atoms with Crippen molar-refractivity contribution in [1.29, 1.82) is 0 Å². The van der Waals surface area contributed by atoms with Crippen molar-refractivity contribution in [1.82, 2.24) is 10.3 Å². The first-order valence-corrected chi connectivity index (χ1v) is 7.95. The number of anilines is 1. The van der Waals surface area contributed by atoms with E-state index in [9.17, 15) is 0 Å². The molecule has 0 aromatic carbocycles. The Morgan fingerprint density at radius 2 is 1.85 bits per heavy atom. The predicted molar refractivity (Wildman–Crippen MR) is 88.5 cm³/mol. The van der Waals surface area contributed by atoms with Crippen LogP contribution in [0.1, 0.15) is 56.9 Å². The van der Waals surface area contributed by atoms with Gasteiger partial charge < -0.3 is 10.2 Å². The molecule has 1 rings (SSSR count). The molecule has 0 aliphatic heterocycles. The molecule has 0 spiro atoms. The Kier molecular flexibility index (Phi) is 7.00. The third kappa shape index (κ3) is 4.20. The number of pyridine rings is 1. The second-order valence-corrected chi connectivity index (χ2v) is 5.64. The van der Waals surface area contributed by atoms with Crippen LogP contribution in [0.25, 0.3) is 0 Å². The fourth-order valence-corrected chi connectivity index (χ4v) is 2.75. The van der Waals surface area contributed by atoms with Gasteiger partial charge in [0.15, 0.2) is 0 Å². The summed E-state index contributed by atoms with van der Waals surface area (Å²) in [5, 5.41) is 3.52. The van der Waals surface area contributed by atoms with Crippen molar-refractivity contribution in [2.24, 2.45) is 0 Å². The fraction of sp³-hybridized carbons (Fsp3) is 0.706. The van der Waals surface area contributed by atoms with E-state index in [2.05, 4.69) is 57.9 Å². The van der Waals surface area contributed by atoms with Gasteiger partial charge in [0, 0.05) is 30.9 Å². The van der Waals surface area contributed by atoms with E-state index in [-0.39, 0.29) is 0 Å². The second kappa shape index (κ2) is 8.25. The quantitative estimate of drug-likeness (QED) is 0.732. The van der Waals surface area contributed by atoms with Gasteiger partial charge in [-0.05, 0) is 51.3 Å². The van der Waals surface area contributed by atoms with E-state index < -0.39 is 0 Å². The van der Waals surface area contributed by atoms with E-state index in [1.54, 1.807) is 0 Å². The van der Waals surface area contributed by atoms with Crippen molar-refractivity contribution in [3.8, 4) is 0 Å². The van der Waals surface area contributed by atoms with Crippen LogP contribution in [-0.4, -0.2) is 24.6 Å². The van der Waals surface area contributed by atoms with Crippen LogP contribution in [0.3, 0.4) is 0 Å². The number of rotatable bonds is 8. The summed E-state index contributed by atoms with van der Waals surface area (Å²) in [6.07, 6.45) is 3.48. The summed E-state index contributed by atoms with van der Waals surface area (Å²) in [5.41, 5.74) is 3.79. The molecule has 1 aromatic heterocycles. The third-order valence-corrected chi connectivity index (χ3v) is 4.01. The lowest BCUT2D eigenvalue weighted by Crippen LogP contribution is -2.33. The molecule has 1 heterocycles. The Hall–Kier alpha value is -1.09. The van der Waals surface area contributed by atoms with Gasteiger partial charge in [0.05, 0.1) is 0 Å². The van der Waals surface area contributed by atoms with Crippen LogP contribution in [0.5, 0.6) is 0 Å². The number of aryl methyl sites for hydroxylation is 2. The number of aromatic nitrogens is 1. The Morgan fingerprint density at radius 3 is 2.40 bits per heavy atom. The van der Waals surface area contributed by atoms with Crippen LogP contribution in [0.2, 0.25) is 0 Å². The first-order valence-electron chi connectivity index (χ1n) is 7.95. The lowest BCUT2D eigenvalue weighted by atomic mass is 10.1. The molecule has 20 heavy (non-hydrogen) atoms. The highest BCUT2D eigenvalue weighted by atomic mass is 15.2. The van der Waals surface area contributed by atoms with Gasteiger partial charge in [-0.15, -0.1) is 0 Å².